The van der Waals surface area contributed by atoms with Crippen LogP contribution in [0.15, 0.2) is 24.3 Å². The Labute approximate surface area is 107 Å². The van der Waals surface area contributed by atoms with Gasteiger partial charge in [0.1, 0.15) is 5.75 Å². The average Bonchev–Trinajstić information content (AvgIpc) is 2.39. The number of amides is 1. The molecule has 1 aromatic carbocycles. The van der Waals surface area contributed by atoms with Crippen LogP contribution in [-0.4, -0.2) is 17.6 Å². The largest absolute Gasteiger partial charge is 0.508 e. The number of rotatable bonds is 3. The third-order valence-corrected chi connectivity index (χ3v) is 3.79. The second-order valence-electron chi connectivity index (χ2n) is 5.05. The lowest BCUT2D eigenvalue weighted by molar-refractivity contribution is -0.126. The van der Waals surface area contributed by atoms with Gasteiger partial charge in [-0.15, -0.1) is 0 Å². The summed E-state index contributed by atoms with van der Waals surface area (Å²) in [6.45, 7) is 0.387. The number of nitrogens with two attached hydrogens (primary N) is 1. The molecule has 1 aliphatic rings. The van der Waals surface area contributed by atoms with E-state index in [-0.39, 0.29) is 11.7 Å². The van der Waals surface area contributed by atoms with Gasteiger partial charge in [-0.1, -0.05) is 25.3 Å². The van der Waals surface area contributed by atoms with Gasteiger partial charge >= 0.3 is 0 Å². The number of nitrogens with one attached hydrogen (secondary N) is 1. The van der Waals surface area contributed by atoms with Crippen molar-refractivity contribution in [2.45, 2.75) is 32.1 Å². The molecule has 4 heteroatoms. The first-order valence-electron chi connectivity index (χ1n) is 6.47. The number of hydrogen-bond acceptors (Lipinski definition) is 3. The number of aromatic hydroxyl groups is 1. The van der Waals surface area contributed by atoms with Crippen molar-refractivity contribution in [2.75, 3.05) is 11.9 Å². The van der Waals surface area contributed by atoms with Crippen LogP contribution in [0.3, 0.4) is 0 Å². The van der Waals surface area contributed by atoms with Crippen molar-refractivity contribution in [3.8, 4) is 5.75 Å². The van der Waals surface area contributed by atoms with Crippen molar-refractivity contribution in [3.05, 3.63) is 24.3 Å². The Bertz CT molecular complexity index is 426. The molecule has 2 rings (SSSR count). The fourth-order valence-corrected chi connectivity index (χ4v) is 2.60. The van der Waals surface area contributed by atoms with Crippen LogP contribution < -0.4 is 11.1 Å². The summed E-state index contributed by atoms with van der Waals surface area (Å²) in [4.78, 5) is 12.4. The van der Waals surface area contributed by atoms with Crippen LogP contribution in [-0.2, 0) is 4.79 Å². The topological polar surface area (TPSA) is 75.4 Å². The lowest BCUT2D eigenvalue weighted by Gasteiger charge is -2.34. The third kappa shape index (κ3) is 2.64. The zero-order valence-electron chi connectivity index (χ0n) is 10.5. The summed E-state index contributed by atoms with van der Waals surface area (Å²) in [5.41, 5.74) is 6.01. The van der Waals surface area contributed by atoms with E-state index in [0.717, 1.165) is 25.7 Å². The van der Waals surface area contributed by atoms with Gasteiger partial charge in [-0.05, 0) is 25.0 Å². The van der Waals surface area contributed by atoms with Crippen molar-refractivity contribution in [1.82, 2.24) is 0 Å². The van der Waals surface area contributed by atoms with Gasteiger partial charge in [0.15, 0.2) is 0 Å². The highest BCUT2D eigenvalue weighted by molar-refractivity contribution is 5.95. The lowest BCUT2D eigenvalue weighted by Crippen LogP contribution is -2.43. The van der Waals surface area contributed by atoms with E-state index in [1.807, 2.05) is 0 Å². The smallest absolute Gasteiger partial charge is 0.231 e. The van der Waals surface area contributed by atoms with Crippen LogP contribution in [0.25, 0.3) is 0 Å². The van der Waals surface area contributed by atoms with Crippen LogP contribution in [0.1, 0.15) is 32.1 Å². The zero-order valence-corrected chi connectivity index (χ0v) is 10.5. The number of anilines is 1. The van der Waals surface area contributed by atoms with E-state index in [0.29, 0.717) is 12.2 Å². The minimum atomic E-state index is -0.427. The first-order valence-corrected chi connectivity index (χ1v) is 6.47. The predicted molar refractivity (Wildman–Crippen MR) is 71.3 cm³/mol. The summed E-state index contributed by atoms with van der Waals surface area (Å²) in [7, 11) is 0. The van der Waals surface area contributed by atoms with Crippen molar-refractivity contribution in [3.63, 3.8) is 0 Å². The van der Waals surface area contributed by atoms with Gasteiger partial charge in [0.25, 0.3) is 0 Å². The summed E-state index contributed by atoms with van der Waals surface area (Å²) >= 11 is 0. The number of benzene rings is 1. The second-order valence-corrected chi connectivity index (χ2v) is 5.05. The second kappa shape index (κ2) is 5.40. The first-order chi connectivity index (χ1) is 8.66. The molecule has 0 saturated heterocycles. The van der Waals surface area contributed by atoms with E-state index in [9.17, 15) is 9.90 Å². The molecule has 98 valence electrons. The van der Waals surface area contributed by atoms with Gasteiger partial charge in [-0.2, -0.15) is 0 Å². The Morgan fingerprint density at radius 2 is 2.06 bits per heavy atom. The molecule has 4 nitrogen and oxygen atoms in total. The monoisotopic (exact) mass is 248 g/mol. The molecule has 0 spiro atoms. The Morgan fingerprint density at radius 3 is 2.67 bits per heavy atom. The molecule has 0 radical (unpaired) electrons. The van der Waals surface area contributed by atoms with Gasteiger partial charge in [0, 0.05) is 18.3 Å². The fraction of sp³-hybridized carbons (Fsp3) is 0.500. The van der Waals surface area contributed by atoms with Gasteiger partial charge < -0.3 is 16.2 Å². The highest BCUT2D eigenvalue weighted by Gasteiger charge is 2.38. The number of hydrogen-bond donors (Lipinski definition) is 3. The fourth-order valence-electron chi connectivity index (χ4n) is 2.60. The molecule has 1 aromatic rings. The molecule has 0 aromatic heterocycles. The summed E-state index contributed by atoms with van der Waals surface area (Å²) in [6, 6.07) is 6.60. The van der Waals surface area contributed by atoms with Gasteiger partial charge in [0.2, 0.25) is 5.91 Å². The molecular formula is C14H20N2O2. The molecule has 18 heavy (non-hydrogen) atoms. The predicted octanol–water partition coefficient (Wildman–Crippen LogP) is 2.24. The Hall–Kier alpha value is -1.55. The lowest BCUT2D eigenvalue weighted by atomic mass is 9.73. The van der Waals surface area contributed by atoms with E-state index in [1.54, 1.807) is 24.3 Å². The molecule has 1 amide bonds. The number of carbonyl (C=O) groups is 1. The van der Waals surface area contributed by atoms with Crippen molar-refractivity contribution >= 4 is 11.6 Å². The molecule has 0 heterocycles. The molecule has 4 N–H and O–H groups in total. The number of phenolic OH excluding ortho intramolecular Hbond substituents is 1. The molecular weight excluding hydrogens is 228 g/mol. The molecule has 0 bridgehead atoms. The summed E-state index contributed by atoms with van der Waals surface area (Å²) in [5.74, 6) is 0.133. The Balaban J connectivity index is 2.10. The van der Waals surface area contributed by atoms with Crippen molar-refractivity contribution in [1.29, 1.82) is 0 Å². The normalized spacial score (nSPS) is 18.3. The molecule has 1 saturated carbocycles. The minimum Gasteiger partial charge on any atom is -0.508 e. The average molecular weight is 248 g/mol. The van der Waals surface area contributed by atoms with E-state index in [1.165, 1.54) is 6.42 Å². The van der Waals surface area contributed by atoms with Crippen LogP contribution in [0.5, 0.6) is 5.75 Å². The summed E-state index contributed by atoms with van der Waals surface area (Å²) in [6.07, 6.45) is 5.01. The van der Waals surface area contributed by atoms with Crippen molar-refractivity contribution in [2.24, 2.45) is 11.1 Å². The summed E-state index contributed by atoms with van der Waals surface area (Å²) < 4.78 is 0. The van der Waals surface area contributed by atoms with Crippen molar-refractivity contribution < 1.29 is 9.90 Å². The maximum Gasteiger partial charge on any atom is 0.231 e. The Morgan fingerprint density at radius 1 is 1.33 bits per heavy atom. The minimum absolute atomic E-state index is 0.0182. The number of phenols is 1. The third-order valence-electron chi connectivity index (χ3n) is 3.79. The maximum absolute atomic E-state index is 12.4. The highest BCUT2D eigenvalue weighted by atomic mass is 16.3. The quantitative estimate of drug-likeness (QED) is 0.768. The molecule has 0 aliphatic heterocycles. The zero-order chi connectivity index (χ0) is 13.0. The Kier molecular flexibility index (Phi) is 3.87. The number of carbonyl (C=O) groups excluding carboxylic acids is 1. The van der Waals surface area contributed by atoms with Crippen LogP contribution in [0, 0.1) is 5.41 Å². The summed E-state index contributed by atoms with van der Waals surface area (Å²) in [5, 5.41) is 12.2. The van der Waals surface area contributed by atoms with E-state index in [2.05, 4.69) is 5.32 Å². The molecule has 1 aliphatic carbocycles. The van der Waals surface area contributed by atoms with Gasteiger partial charge in [0.05, 0.1) is 5.41 Å². The van der Waals surface area contributed by atoms with Gasteiger partial charge in [-0.3, -0.25) is 4.79 Å². The van der Waals surface area contributed by atoms with Crippen LogP contribution >= 0.6 is 0 Å². The van der Waals surface area contributed by atoms with E-state index < -0.39 is 5.41 Å². The maximum atomic E-state index is 12.4. The first kappa shape index (κ1) is 12.9. The van der Waals surface area contributed by atoms with E-state index >= 15 is 0 Å². The SMILES string of the molecule is NCC1(C(=O)Nc2cccc(O)c2)CCCCC1. The van der Waals surface area contributed by atoms with Gasteiger partial charge in [-0.25, -0.2) is 0 Å². The molecule has 1 fully saturated rings. The standard InChI is InChI=1S/C14H20N2O2/c15-10-14(7-2-1-3-8-14)13(18)16-11-5-4-6-12(17)9-11/h4-6,9,17H,1-3,7-8,10,15H2,(H,16,18). The van der Waals surface area contributed by atoms with Crippen LogP contribution in [0.4, 0.5) is 5.69 Å². The van der Waals surface area contributed by atoms with E-state index in [4.69, 9.17) is 5.73 Å². The highest BCUT2D eigenvalue weighted by Crippen LogP contribution is 2.36. The molecule has 0 unspecified atom stereocenters. The van der Waals surface area contributed by atoms with Crippen LogP contribution in [0.2, 0.25) is 0 Å². The molecule has 0 atom stereocenters.